The number of oxazole rings is 1. The summed E-state index contributed by atoms with van der Waals surface area (Å²) in [7, 11) is 0. The summed E-state index contributed by atoms with van der Waals surface area (Å²) in [6.07, 6.45) is 2.62. The minimum Gasteiger partial charge on any atom is -0.432 e. The quantitative estimate of drug-likeness (QED) is 0.784. The van der Waals surface area contributed by atoms with Crippen LogP contribution in [0, 0.1) is 12.9 Å². The second-order valence-corrected chi connectivity index (χ2v) is 3.12. The van der Waals surface area contributed by atoms with Crippen LogP contribution < -0.4 is 5.32 Å². The third-order valence-corrected chi connectivity index (χ3v) is 1.83. The first kappa shape index (κ1) is 10.3. The first-order valence-corrected chi connectivity index (χ1v) is 4.50. The molecule has 0 fully saturated rings. The fraction of sp³-hybridized carbons (Fsp3) is 0.100. The largest absolute Gasteiger partial charge is 0.432 e. The maximum absolute atomic E-state index is 12.7. The smallest absolute Gasteiger partial charge is 0.301 e. The van der Waals surface area contributed by atoms with E-state index in [1.165, 1.54) is 18.5 Å². The lowest BCUT2D eigenvalue weighted by Gasteiger charge is -1.99. The van der Waals surface area contributed by atoms with Crippen molar-refractivity contribution in [3.8, 4) is 0 Å². The Morgan fingerprint density at radius 2 is 2.38 bits per heavy atom. The summed E-state index contributed by atoms with van der Waals surface area (Å²) in [6, 6.07) is 2.51. The minimum absolute atomic E-state index is 0.0831. The topological polar surface area (TPSA) is 68.0 Å². The normalized spacial score (nSPS) is 10.1. The van der Waals surface area contributed by atoms with Crippen molar-refractivity contribution in [2.45, 2.75) is 6.92 Å². The van der Waals surface area contributed by atoms with E-state index in [0.29, 0.717) is 5.69 Å². The molecule has 0 aromatic carbocycles. The van der Waals surface area contributed by atoms with Crippen LogP contribution in [0.2, 0.25) is 0 Å². The summed E-state index contributed by atoms with van der Waals surface area (Å²) in [6.45, 7) is 1.73. The first-order chi connectivity index (χ1) is 7.65. The van der Waals surface area contributed by atoms with E-state index < -0.39 is 11.9 Å². The van der Waals surface area contributed by atoms with Gasteiger partial charge in [-0.2, -0.15) is 9.37 Å². The van der Waals surface area contributed by atoms with Gasteiger partial charge in [-0.15, -0.1) is 0 Å². The van der Waals surface area contributed by atoms with Crippen LogP contribution in [0.1, 0.15) is 16.1 Å². The number of nitrogens with one attached hydrogen (secondary N) is 1. The number of pyridine rings is 1. The van der Waals surface area contributed by atoms with Crippen LogP contribution in [-0.2, 0) is 0 Å². The second-order valence-electron chi connectivity index (χ2n) is 3.12. The van der Waals surface area contributed by atoms with E-state index in [1.807, 2.05) is 0 Å². The third-order valence-electron chi connectivity index (χ3n) is 1.83. The van der Waals surface area contributed by atoms with Crippen molar-refractivity contribution in [3.05, 3.63) is 41.8 Å². The highest BCUT2D eigenvalue weighted by atomic mass is 19.1. The van der Waals surface area contributed by atoms with E-state index in [2.05, 4.69) is 15.3 Å². The van der Waals surface area contributed by atoms with Crippen molar-refractivity contribution in [1.82, 2.24) is 9.97 Å². The molecule has 0 aliphatic rings. The lowest BCUT2D eigenvalue weighted by atomic mass is 10.2. The van der Waals surface area contributed by atoms with Crippen molar-refractivity contribution in [2.24, 2.45) is 0 Å². The summed E-state index contributed by atoms with van der Waals surface area (Å²) in [5.41, 5.74) is 0.805. The number of aryl methyl sites for hydroxylation is 1. The molecule has 0 saturated carbocycles. The van der Waals surface area contributed by atoms with Gasteiger partial charge in [0.1, 0.15) is 6.26 Å². The molecule has 2 aromatic rings. The van der Waals surface area contributed by atoms with Crippen LogP contribution >= 0.6 is 0 Å². The van der Waals surface area contributed by atoms with Crippen LogP contribution in [0.5, 0.6) is 0 Å². The van der Waals surface area contributed by atoms with Gasteiger partial charge in [0.15, 0.2) is 0 Å². The molecule has 0 aliphatic carbocycles. The lowest BCUT2D eigenvalue weighted by molar-refractivity contribution is 0.102. The highest BCUT2D eigenvalue weighted by molar-refractivity contribution is 6.02. The number of halogens is 1. The zero-order valence-electron chi connectivity index (χ0n) is 8.40. The highest BCUT2D eigenvalue weighted by Gasteiger charge is 2.10. The van der Waals surface area contributed by atoms with E-state index in [0.717, 1.165) is 6.07 Å². The van der Waals surface area contributed by atoms with Crippen molar-refractivity contribution < 1.29 is 13.6 Å². The Kier molecular flexibility index (Phi) is 2.63. The molecular weight excluding hydrogens is 213 g/mol. The van der Waals surface area contributed by atoms with E-state index in [4.69, 9.17) is 4.42 Å². The summed E-state index contributed by atoms with van der Waals surface area (Å²) in [4.78, 5) is 18.8. The van der Waals surface area contributed by atoms with Gasteiger partial charge in [0, 0.05) is 17.8 Å². The van der Waals surface area contributed by atoms with Gasteiger partial charge in [0.25, 0.3) is 5.91 Å². The first-order valence-electron chi connectivity index (χ1n) is 4.50. The SMILES string of the molecule is Cc1coc(NC(=O)c2ccnc(F)c2)n1. The maximum atomic E-state index is 12.7. The van der Waals surface area contributed by atoms with Crippen LogP contribution in [0.4, 0.5) is 10.4 Å². The van der Waals surface area contributed by atoms with Crippen LogP contribution in [-0.4, -0.2) is 15.9 Å². The fourth-order valence-corrected chi connectivity index (χ4v) is 1.12. The Balaban J connectivity index is 2.14. The Bertz CT molecular complexity index is 524. The molecule has 0 atom stereocenters. The Labute approximate surface area is 90.3 Å². The van der Waals surface area contributed by atoms with E-state index in [9.17, 15) is 9.18 Å². The van der Waals surface area contributed by atoms with Crippen molar-refractivity contribution >= 4 is 11.9 Å². The van der Waals surface area contributed by atoms with Gasteiger partial charge in [-0.25, -0.2) is 4.98 Å². The third kappa shape index (κ3) is 2.22. The number of carbonyl (C=O) groups excluding carboxylic acids is 1. The molecule has 0 radical (unpaired) electrons. The van der Waals surface area contributed by atoms with E-state index in [1.54, 1.807) is 6.92 Å². The molecule has 2 heterocycles. The van der Waals surface area contributed by atoms with Crippen molar-refractivity contribution in [2.75, 3.05) is 5.32 Å². The van der Waals surface area contributed by atoms with E-state index in [-0.39, 0.29) is 11.6 Å². The number of carbonyl (C=O) groups is 1. The predicted octanol–water partition coefficient (Wildman–Crippen LogP) is 1.77. The summed E-state index contributed by atoms with van der Waals surface area (Å²) >= 11 is 0. The van der Waals surface area contributed by atoms with Crippen molar-refractivity contribution in [1.29, 1.82) is 0 Å². The number of aromatic nitrogens is 2. The second kappa shape index (κ2) is 4.09. The molecule has 5 nitrogen and oxygen atoms in total. The molecule has 6 heteroatoms. The summed E-state index contributed by atoms with van der Waals surface area (Å²) < 4.78 is 17.7. The maximum Gasteiger partial charge on any atom is 0.301 e. The molecule has 2 rings (SSSR count). The van der Waals surface area contributed by atoms with Crippen molar-refractivity contribution in [3.63, 3.8) is 0 Å². The van der Waals surface area contributed by atoms with Gasteiger partial charge in [0.2, 0.25) is 5.95 Å². The molecule has 0 spiro atoms. The molecule has 1 amide bonds. The molecule has 82 valence electrons. The molecule has 1 N–H and O–H groups in total. The van der Waals surface area contributed by atoms with Gasteiger partial charge in [-0.3, -0.25) is 10.1 Å². The van der Waals surface area contributed by atoms with Gasteiger partial charge in [0.05, 0.1) is 5.69 Å². The van der Waals surface area contributed by atoms with Gasteiger partial charge >= 0.3 is 6.01 Å². The molecule has 0 aliphatic heterocycles. The molecule has 0 unspecified atom stereocenters. The predicted molar refractivity (Wildman–Crippen MR) is 53.4 cm³/mol. The molecule has 16 heavy (non-hydrogen) atoms. The lowest BCUT2D eigenvalue weighted by Crippen LogP contribution is -2.12. The summed E-state index contributed by atoms with van der Waals surface area (Å²) in [5, 5.41) is 2.40. The number of hydrogen-bond donors (Lipinski definition) is 1. The molecular formula is C10H8FN3O2. The standard InChI is InChI=1S/C10H8FN3O2/c1-6-5-16-10(13-6)14-9(15)7-2-3-12-8(11)4-7/h2-5H,1H3,(H,13,14,15). The average molecular weight is 221 g/mol. The zero-order chi connectivity index (χ0) is 11.5. The Hall–Kier alpha value is -2.24. The molecule has 0 saturated heterocycles. The monoisotopic (exact) mass is 221 g/mol. The number of rotatable bonds is 2. The van der Waals surface area contributed by atoms with Crippen LogP contribution in [0.3, 0.4) is 0 Å². The average Bonchev–Trinajstić information content (AvgIpc) is 2.64. The van der Waals surface area contributed by atoms with Gasteiger partial charge in [-0.1, -0.05) is 0 Å². The number of amides is 1. The zero-order valence-corrected chi connectivity index (χ0v) is 8.40. The van der Waals surface area contributed by atoms with E-state index >= 15 is 0 Å². The van der Waals surface area contributed by atoms with Gasteiger partial charge in [-0.05, 0) is 13.0 Å². The summed E-state index contributed by atoms with van der Waals surface area (Å²) in [5.74, 6) is -1.21. The molecule has 0 bridgehead atoms. The number of anilines is 1. The number of nitrogens with zero attached hydrogens (tertiary/aromatic N) is 2. The molecule has 2 aromatic heterocycles. The Morgan fingerprint density at radius 3 is 3.00 bits per heavy atom. The Morgan fingerprint density at radius 1 is 1.56 bits per heavy atom. The highest BCUT2D eigenvalue weighted by Crippen LogP contribution is 2.08. The van der Waals surface area contributed by atoms with Crippen LogP contribution in [0.15, 0.2) is 29.0 Å². The fourth-order valence-electron chi connectivity index (χ4n) is 1.12. The minimum atomic E-state index is -0.712. The van der Waals surface area contributed by atoms with Crippen LogP contribution in [0.25, 0.3) is 0 Å². The number of hydrogen-bond acceptors (Lipinski definition) is 4. The van der Waals surface area contributed by atoms with Gasteiger partial charge < -0.3 is 4.42 Å².